The molecule has 1 saturated heterocycles. The zero-order chi connectivity index (χ0) is 25.6. The Labute approximate surface area is 211 Å². The van der Waals surface area contributed by atoms with Crippen LogP contribution in [0.2, 0.25) is 0 Å². The summed E-state index contributed by atoms with van der Waals surface area (Å²) in [7, 11) is 0. The lowest BCUT2D eigenvalue weighted by Gasteiger charge is -2.29. The largest absolute Gasteiger partial charge is 0.573 e. The number of nitrogens with zero attached hydrogens (tertiary/aromatic N) is 4. The second kappa shape index (κ2) is 9.21. The van der Waals surface area contributed by atoms with E-state index < -0.39 is 6.36 Å². The monoisotopic (exact) mass is 506 g/mol. The molecule has 2 aromatic heterocycles. The number of imidazole rings is 1. The zero-order valence-corrected chi connectivity index (χ0v) is 20.0. The highest BCUT2D eigenvalue weighted by Gasteiger charge is 2.32. The number of benzene rings is 2. The molecule has 1 atom stereocenters. The van der Waals surface area contributed by atoms with E-state index >= 15 is 0 Å². The molecule has 1 amide bonds. The Balaban J connectivity index is 1.29. The molecule has 1 unspecified atom stereocenters. The number of carbonyl (C=O) groups excluding carboxylic acids is 1. The van der Waals surface area contributed by atoms with E-state index in [1.54, 1.807) is 18.3 Å². The Kier molecular flexibility index (Phi) is 5.85. The predicted molar refractivity (Wildman–Crippen MR) is 132 cm³/mol. The number of amides is 1. The van der Waals surface area contributed by atoms with E-state index in [9.17, 15) is 18.0 Å². The Morgan fingerprint density at radius 2 is 1.84 bits per heavy atom. The molecule has 6 nitrogen and oxygen atoms in total. The average Bonchev–Trinajstić information content (AvgIpc) is 3.48. The van der Waals surface area contributed by atoms with E-state index in [1.807, 2.05) is 41.4 Å². The first-order valence-corrected chi connectivity index (χ1v) is 12.4. The quantitative estimate of drug-likeness (QED) is 0.316. The molecule has 4 aromatic rings. The first-order valence-electron chi connectivity index (χ1n) is 12.4. The molecule has 1 aliphatic carbocycles. The van der Waals surface area contributed by atoms with Crippen molar-refractivity contribution in [3.8, 4) is 17.1 Å². The van der Waals surface area contributed by atoms with Crippen molar-refractivity contribution in [3.05, 3.63) is 78.1 Å². The van der Waals surface area contributed by atoms with Crippen molar-refractivity contribution in [2.24, 2.45) is 0 Å². The van der Waals surface area contributed by atoms with Gasteiger partial charge in [0.15, 0.2) is 0 Å². The van der Waals surface area contributed by atoms with Gasteiger partial charge in [0.25, 0.3) is 5.91 Å². The molecule has 2 aromatic carbocycles. The topological polar surface area (TPSA) is 60.2 Å². The fraction of sp³-hybridized carbons (Fsp3) is 0.321. The van der Waals surface area contributed by atoms with Gasteiger partial charge in [-0.05, 0) is 79.8 Å². The molecule has 9 heteroatoms. The van der Waals surface area contributed by atoms with Crippen LogP contribution in [0.5, 0.6) is 5.75 Å². The summed E-state index contributed by atoms with van der Waals surface area (Å²) >= 11 is 0. The number of pyridine rings is 1. The molecule has 1 aliphatic heterocycles. The first-order chi connectivity index (χ1) is 17.9. The third kappa shape index (κ3) is 4.65. The number of aromatic nitrogens is 3. The minimum atomic E-state index is -4.74. The molecule has 0 N–H and O–H groups in total. The molecular weight excluding hydrogens is 481 g/mol. The standard InChI is InChI=1S/C28H25F3N4O2/c29-28(30,31)37-23-9-6-18(7-10-23)26-33-24-15-19(8-11-25(24)35(26)22-4-1-5-22)27(36)34-14-12-21(17-34)20-3-2-13-32-16-20/h2-3,6-11,13,15-16,21-22H,1,4-5,12,14,17H2. The van der Waals surface area contributed by atoms with Gasteiger partial charge in [-0.2, -0.15) is 0 Å². The van der Waals surface area contributed by atoms with Crippen LogP contribution in [-0.2, 0) is 0 Å². The van der Waals surface area contributed by atoms with Gasteiger partial charge in [0.1, 0.15) is 11.6 Å². The first kappa shape index (κ1) is 23.5. The van der Waals surface area contributed by atoms with Crippen LogP contribution in [0.25, 0.3) is 22.4 Å². The normalized spacial score (nSPS) is 18.2. The summed E-state index contributed by atoms with van der Waals surface area (Å²) in [6.45, 7) is 1.33. The summed E-state index contributed by atoms with van der Waals surface area (Å²) in [6, 6.07) is 15.6. The molecule has 190 valence electrons. The van der Waals surface area contributed by atoms with E-state index in [-0.39, 0.29) is 23.6 Å². The van der Waals surface area contributed by atoms with Crippen molar-refractivity contribution >= 4 is 16.9 Å². The highest BCUT2D eigenvalue weighted by molar-refractivity contribution is 5.98. The van der Waals surface area contributed by atoms with Crippen LogP contribution in [0.1, 0.15) is 53.6 Å². The molecule has 1 saturated carbocycles. The van der Waals surface area contributed by atoms with Gasteiger partial charge in [-0.1, -0.05) is 6.07 Å². The lowest BCUT2D eigenvalue weighted by atomic mass is 9.92. The van der Waals surface area contributed by atoms with Crippen LogP contribution >= 0.6 is 0 Å². The van der Waals surface area contributed by atoms with Crippen LogP contribution in [-0.4, -0.2) is 44.8 Å². The molecule has 2 aliphatic rings. The molecular formula is C28H25F3N4O2. The Morgan fingerprint density at radius 3 is 2.51 bits per heavy atom. The second-order valence-electron chi connectivity index (χ2n) is 9.69. The van der Waals surface area contributed by atoms with Crippen molar-refractivity contribution in [1.82, 2.24) is 19.4 Å². The van der Waals surface area contributed by atoms with Gasteiger partial charge in [-0.3, -0.25) is 9.78 Å². The Hall–Kier alpha value is -3.88. The zero-order valence-electron chi connectivity index (χ0n) is 20.0. The van der Waals surface area contributed by atoms with Gasteiger partial charge in [0.2, 0.25) is 0 Å². The second-order valence-corrected chi connectivity index (χ2v) is 9.69. The van der Waals surface area contributed by atoms with Crippen molar-refractivity contribution in [1.29, 1.82) is 0 Å². The van der Waals surface area contributed by atoms with Gasteiger partial charge < -0.3 is 14.2 Å². The molecule has 0 bridgehead atoms. The lowest BCUT2D eigenvalue weighted by molar-refractivity contribution is -0.274. The van der Waals surface area contributed by atoms with E-state index in [1.165, 1.54) is 12.1 Å². The predicted octanol–water partition coefficient (Wildman–Crippen LogP) is 6.35. The highest BCUT2D eigenvalue weighted by Crippen LogP contribution is 2.39. The maximum absolute atomic E-state index is 13.4. The number of rotatable bonds is 5. The van der Waals surface area contributed by atoms with Crippen molar-refractivity contribution in [3.63, 3.8) is 0 Å². The number of likely N-dealkylation sites (tertiary alicyclic amines) is 1. The van der Waals surface area contributed by atoms with E-state index in [4.69, 9.17) is 4.98 Å². The smallest absolute Gasteiger partial charge is 0.406 e. The molecule has 2 fully saturated rings. The maximum atomic E-state index is 13.4. The molecule has 3 heterocycles. The van der Waals surface area contributed by atoms with Gasteiger partial charge in [0.05, 0.1) is 11.0 Å². The molecule has 0 spiro atoms. The number of carbonyl (C=O) groups is 1. The number of hydrogen-bond acceptors (Lipinski definition) is 4. The van der Waals surface area contributed by atoms with Gasteiger partial charge in [0, 0.05) is 48.6 Å². The van der Waals surface area contributed by atoms with Gasteiger partial charge in [-0.25, -0.2) is 4.98 Å². The number of ether oxygens (including phenoxy) is 1. The van der Waals surface area contributed by atoms with Gasteiger partial charge in [-0.15, -0.1) is 13.2 Å². The number of fused-ring (bicyclic) bond motifs is 1. The maximum Gasteiger partial charge on any atom is 0.573 e. The van der Waals surface area contributed by atoms with Crippen LogP contribution in [0.3, 0.4) is 0 Å². The minimum absolute atomic E-state index is 0.0262. The summed E-state index contributed by atoms with van der Waals surface area (Å²) in [5.74, 6) is 0.656. The molecule has 37 heavy (non-hydrogen) atoms. The summed E-state index contributed by atoms with van der Waals surface area (Å²) in [6.07, 6.45) is 2.91. The fourth-order valence-electron chi connectivity index (χ4n) is 5.27. The van der Waals surface area contributed by atoms with Crippen LogP contribution in [0.15, 0.2) is 67.0 Å². The van der Waals surface area contributed by atoms with E-state index in [0.717, 1.165) is 36.8 Å². The SMILES string of the molecule is O=C(c1ccc2c(c1)nc(-c1ccc(OC(F)(F)F)cc1)n2C1CCC1)N1CCC(c2cccnc2)C1. The van der Waals surface area contributed by atoms with Crippen LogP contribution in [0.4, 0.5) is 13.2 Å². The van der Waals surface area contributed by atoms with Crippen LogP contribution < -0.4 is 4.74 Å². The average molecular weight is 507 g/mol. The van der Waals surface area contributed by atoms with Crippen molar-refractivity contribution in [2.45, 2.75) is 44.0 Å². The van der Waals surface area contributed by atoms with Crippen molar-refractivity contribution < 1.29 is 22.7 Å². The number of alkyl halides is 3. The van der Waals surface area contributed by atoms with E-state index in [2.05, 4.69) is 14.3 Å². The Bertz CT molecular complexity index is 1430. The summed E-state index contributed by atoms with van der Waals surface area (Å²) in [5.41, 5.74) is 4.04. The highest BCUT2D eigenvalue weighted by atomic mass is 19.4. The number of halogens is 3. The molecule has 6 rings (SSSR count). The third-order valence-electron chi connectivity index (χ3n) is 7.35. The van der Waals surface area contributed by atoms with Crippen LogP contribution in [0, 0.1) is 0 Å². The third-order valence-corrected chi connectivity index (χ3v) is 7.35. The minimum Gasteiger partial charge on any atom is -0.406 e. The number of hydrogen-bond donors (Lipinski definition) is 0. The summed E-state index contributed by atoms with van der Waals surface area (Å²) < 4.78 is 43.9. The van der Waals surface area contributed by atoms with Crippen molar-refractivity contribution in [2.75, 3.05) is 13.1 Å². The molecule has 0 radical (unpaired) electrons. The van der Waals surface area contributed by atoms with E-state index in [0.29, 0.717) is 35.6 Å². The lowest BCUT2D eigenvalue weighted by Crippen LogP contribution is -2.28. The fourth-order valence-corrected chi connectivity index (χ4v) is 5.27. The summed E-state index contributed by atoms with van der Waals surface area (Å²) in [4.78, 5) is 24.3. The van der Waals surface area contributed by atoms with Gasteiger partial charge >= 0.3 is 6.36 Å². The Morgan fingerprint density at radius 1 is 1.03 bits per heavy atom. The summed E-state index contributed by atoms with van der Waals surface area (Å²) in [5, 5.41) is 0.